The minimum atomic E-state index is -1.49. The van der Waals surface area contributed by atoms with E-state index in [2.05, 4.69) is 10.6 Å². The molecule has 0 radical (unpaired) electrons. The summed E-state index contributed by atoms with van der Waals surface area (Å²) >= 11 is 0. The summed E-state index contributed by atoms with van der Waals surface area (Å²) < 4.78 is 31.9. The molecule has 0 unspecified atom stereocenters. The van der Waals surface area contributed by atoms with Crippen molar-refractivity contribution in [2.45, 2.75) is 6.10 Å². The molecule has 3 rings (SSSR count). The van der Waals surface area contributed by atoms with E-state index >= 15 is 0 Å². The molecular formula is C15H10F2N2O3. The Morgan fingerprint density at radius 3 is 2.77 bits per heavy atom. The Hall–Kier alpha value is -2.96. The maximum atomic E-state index is 13.5. The van der Waals surface area contributed by atoms with E-state index in [0.29, 0.717) is 11.4 Å². The number of amides is 2. The maximum Gasteiger partial charge on any atom is 0.275 e. The number of hydrogen-bond acceptors (Lipinski definition) is 3. The average molecular weight is 304 g/mol. The van der Waals surface area contributed by atoms with Crippen molar-refractivity contribution in [2.24, 2.45) is 0 Å². The van der Waals surface area contributed by atoms with Crippen LogP contribution in [0.3, 0.4) is 0 Å². The lowest BCUT2D eigenvalue weighted by Gasteiger charge is -2.24. The number of hydrogen-bond donors (Lipinski definition) is 2. The van der Waals surface area contributed by atoms with Crippen LogP contribution in [0.5, 0.6) is 5.75 Å². The van der Waals surface area contributed by atoms with Gasteiger partial charge in [0, 0.05) is 6.07 Å². The van der Waals surface area contributed by atoms with E-state index in [1.807, 2.05) is 0 Å². The minimum absolute atomic E-state index is 0.321. The molecule has 0 saturated carbocycles. The lowest BCUT2D eigenvalue weighted by Crippen LogP contribution is -2.45. The fourth-order valence-electron chi connectivity index (χ4n) is 2.02. The van der Waals surface area contributed by atoms with Gasteiger partial charge in [0.05, 0.1) is 11.4 Å². The average Bonchev–Trinajstić information content (AvgIpc) is 2.50. The molecule has 2 N–H and O–H groups in total. The predicted molar refractivity (Wildman–Crippen MR) is 74.5 cm³/mol. The first-order valence-corrected chi connectivity index (χ1v) is 6.37. The van der Waals surface area contributed by atoms with E-state index in [4.69, 9.17) is 4.74 Å². The van der Waals surface area contributed by atoms with Crippen LogP contribution >= 0.6 is 0 Å². The van der Waals surface area contributed by atoms with E-state index in [9.17, 15) is 18.4 Å². The summed E-state index contributed by atoms with van der Waals surface area (Å²) in [6.45, 7) is 0. The van der Waals surface area contributed by atoms with Gasteiger partial charge in [-0.3, -0.25) is 9.59 Å². The van der Waals surface area contributed by atoms with Gasteiger partial charge in [0.15, 0.2) is 0 Å². The highest BCUT2D eigenvalue weighted by Gasteiger charge is 2.34. The van der Waals surface area contributed by atoms with Crippen molar-refractivity contribution in [3.8, 4) is 5.75 Å². The van der Waals surface area contributed by atoms with Gasteiger partial charge in [-0.15, -0.1) is 0 Å². The third-order valence-electron chi connectivity index (χ3n) is 3.05. The van der Waals surface area contributed by atoms with E-state index in [-0.39, 0.29) is 5.69 Å². The normalized spacial score (nSPS) is 16.3. The Bertz CT molecular complexity index is 764. The third kappa shape index (κ3) is 2.60. The van der Waals surface area contributed by atoms with Crippen molar-refractivity contribution in [2.75, 3.05) is 10.6 Å². The molecule has 0 bridgehead atoms. The van der Waals surface area contributed by atoms with E-state index < -0.39 is 29.6 Å². The molecule has 0 aliphatic carbocycles. The minimum Gasteiger partial charge on any atom is -0.468 e. The molecule has 0 aromatic heterocycles. The highest BCUT2D eigenvalue weighted by atomic mass is 19.1. The van der Waals surface area contributed by atoms with Crippen molar-refractivity contribution >= 4 is 23.2 Å². The van der Waals surface area contributed by atoms with Crippen molar-refractivity contribution in [1.29, 1.82) is 0 Å². The Morgan fingerprint density at radius 1 is 1.18 bits per heavy atom. The second kappa shape index (κ2) is 5.44. The zero-order valence-electron chi connectivity index (χ0n) is 11.1. The van der Waals surface area contributed by atoms with Crippen LogP contribution in [0, 0.1) is 11.6 Å². The van der Waals surface area contributed by atoms with Gasteiger partial charge in [0.25, 0.3) is 17.9 Å². The zero-order valence-corrected chi connectivity index (χ0v) is 11.1. The van der Waals surface area contributed by atoms with Gasteiger partial charge in [-0.25, -0.2) is 8.78 Å². The van der Waals surface area contributed by atoms with E-state index in [1.165, 1.54) is 0 Å². The highest BCUT2D eigenvalue weighted by Crippen LogP contribution is 2.29. The Morgan fingerprint density at radius 2 is 1.95 bits per heavy atom. The van der Waals surface area contributed by atoms with Crippen LogP contribution in [0.2, 0.25) is 0 Å². The molecule has 22 heavy (non-hydrogen) atoms. The van der Waals surface area contributed by atoms with Gasteiger partial charge in [0.2, 0.25) is 0 Å². The van der Waals surface area contributed by atoms with Crippen LogP contribution in [0.15, 0.2) is 42.5 Å². The summed E-state index contributed by atoms with van der Waals surface area (Å²) in [5.74, 6) is -2.78. The number of carbonyl (C=O) groups is 2. The number of anilines is 2. The number of carbonyl (C=O) groups excluding carboxylic acids is 2. The molecule has 1 atom stereocenters. The zero-order chi connectivity index (χ0) is 15.7. The second-order valence-electron chi connectivity index (χ2n) is 4.60. The summed E-state index contributed by atoms with van der Waals surface area (Å²) in [6, 6.07) is 9.20. The molecule has 5 nitrogen and oxygen atoms in total. The molecule has 2 aromatic rings. The third-order valence-corrected chi connectivity index (χ3v) is 3.05. The van der Waals surface area contributed by atoms with E-state index in [0.717, 1.165) is 18.2 Å². The molecule has 112 valence electrons. The summed E-state index contributed by atoms with van der Waals surface area (Å²) in [5.41, 5.74) is 0.0775. The molecule has 1 aliphatic rings. The number of halogens is 2. The fourth-order valence-corrected chi connectivity index (χ4v) is 2.02. The molecule has 1 aliphatic heterocycles. The molecule has 7 heteroatoms. The number of benzene rings is 2. The number of para-hydroxylation sites is 2. The Labute approximate surface area is 123 Å². The number of rotatable bonds is 2. The van der Waals surface area contributed by atoms with Gasteiger partial charge in [-0.1, -0.05) is 12.1 Å². The number of fused-ring (bicyclic) bond motifs is 1. The Balaban J connectivity index is 1.81. The molecule has 2 aromatic carbocycles. The lowest BCUT2D eigenvalue weighted by atomic mass is 10.2. The lowest BCUT2D eigenvalue weighted by molar-refractivity contribution is -0.133. The number of ether oxygens (including phenoxy) is 1. The van der Waals surface area contributed by atoms with Crippen LogP contribution in [0.1, 0.15) is 0 Å². The summed E-state index contributed by atoms with van der Waals surface area (Å²) in [5, 5.41) is 4.65. The second-order valence-corrected chi connectivity index (χ2v) is 4.60. The maximum absolute atomic E-state index is 13.5. The first kappa shape index (κ1) is 14.0. The summed E-state index contributed by atoms with van der Waals surface area (Å²) in [7, 11) is 0. The SMILES string of the molecule is O=C(Nc1cc(F)ccc1F)[C@H]1Oc2ccccc2NC1=O. The van der Waals surface area contributed by atoms with Crippen molar-refractivity contribution in [3.63, 3.8) is 0 Å². The van der Waals surface area contributed by atoms with Gasteiger partial charge in [0.1, 0.15) is 17.4 Å². The quantitative estimate of drug-likeness (QED) is 0.837. The van der Waals surface area contributed by atoms with Crippen molar-refractivity contribution < 1.29 is 23.1 Å². The van der Waals surface area contributed by atoms with Gasteiger partial charge >= 0.3 is 0 Å². The van der Waals surface area contributed by atoms with Gasteiger partial charge < -0.3 is 15.4 Å². The fraction of sp³-hybridized carbons (Fsp3) is 0.0667. The van der Waals surface area contributed by atoms with Crippen LogP contribution in [-0.2, 0) is 9.59 Å². The molecule has 0 spiro atoms. The first-order valence-electron chi connectivity index (χ1n) is 6.37. The first-order chi connectivity index (χ1) is 10.5. The van der Waals surface area contributed by atoms with Crippen LogP contribution in [0.25, 0.3) is 0 Å². The van der Waals surface area contributed by atoms with Crippen LogP contribution in [0.4, 0.5) is 20.2 Å². The molecule has 2 amide bonds. The monoisotopic (exact) mass is 304 g/mol. The molecule has 1 heterocycles. The number of nitrogens with one attached hydrogen (secondary N) is 2. The standard InChI is InChI=1S/C15H10F2N2O3/c16-8-5-6-9(17)11(7-8)19-15(21)13-14(20)18-10-3-1-2-4-12(10)22-13/h1-7,13H,(H,18,20)(H,19,21)/t13-/m0/s1. The molecule has 0 fully saturated rings. The molecule has 0 saturated heterocycles. The summed E-state index contributed by atoms with van der Waals surface area (Å²) in [4.78, 5) is 23.9. The molecular weight excluding hydrogens is 294 g/mol. The van der Waals surface area contributed by atoms with Crippen molar-refractivity contribution in [1.82, 2.24) is 0 Å². The Kier molecular flexibility index (Phi) is 3.46. The highest BCUT2D eigenvalue weighted by molar-refractivity contribution is 6.15. The van der Waals surface area contributed by atoms with Crippen LogP contribution in [-0.4, -0.2) is 17.9 Å². The predicted octanol–water partition coefficient (Wildman–Crippen LogP) is 2.30. The van der Waals surface area contributed by atoms with Gasteiger partial charge in [-0.2, -0.15) is 0 Å². The summed E-state index contributed by atoms with van der Waals surface area (Å²) in [6.07, 6.45) is -1.49. The smallest absolute Gasteiger partial charge is 0.275 e. The van der Waals surface area contributed by atoms with Crippen molar-refractivity contribution in [3.05, 3.63) is 54.1 Å². The largest absolute Gasteiger partial charge is 0.468 e. The van der Waals surface area contributed by atoms with Crippen LogP contribution < -0.4 is 15.4 Å². The van der Waals surface area contributed by atoms with Gasteiger partial charge in [-0.05, 0) is 24.3 Å². The topological polar surface area (TPSA) is 67.4 Å². The van der Waals surface area contributed by atoms with E-state index in [1.54, 1.807) is 24.3 Å².